The molecule has 2 saturated heterocycles. The Morgan fingerprint density at radius 3 is 2.55 bits per heavy atom. The minimum atomic E-state index is -4.63. The molecule has 0 bridgehead atoms. The summed E-state index contributed by atoms with van der Waals surface area (Å²) in [5.74, 6) is -1.09. The van der Waals surface area contributed by atoms with Crippen molar-refractivity contribution in [1.29, 1.82) is 5.26 Å². The number of carbonyl (C=O) groups is 1. The minimum Gasteiger partial charge on any atom is -0.475 e. The Labute approximate surface area is 395 Å². The van der Waals surface area contributed by atoms with Crippen LogP contribution >= 0.6 is 11.6 Å². The molecule has 2 fully saturated rings. The quantitative estimate of drug-likeness (QED) is 0.0795. The van der Waals surface area contributed by atoms with Crippen LogP contribution in [0.15, 0.2) is 89.5 Å². The lowest BCUT2D eigenvalue weighted by molar-refractivity contribution is -0.384. The maximum atomic E-state index is 14.5. The number of hydrogen-bond donors (Lipinski definition) is 3. The number of anilines is 4. The molecule has 1 atom stereocenters. The zero-order chi connectivity index (χ0) is 46.9. The molecular weight excluding hydrogens is 894 g/mol. The summed E-state index contributed by atoms with van der Waals surface area (Å²) in [5.41, 5.74) is 6.27. The number of rotatable bonds is 12. The number of amides is 1. The zero-order valence-corrected chi connectivity index (χ0v) is 39.2. The maximum absolute atomic E-state index is 14.5. The number of nitriles is 1. The molecule has 5 heterocycles. The van der Waals surface area contributed by atoms with Crippen molar-refractivity contribution in [3.8, 4) is 11.9 Å². The number of allylic oxidation sites excluding steroid dienone is 1. The van der Waals surface area contributed by atoms with Crippen molar-refractivity contribution < 1.29 is 27.6 Å². The first-order valence-corrected chi connectivity index (χ1v) is 24.6. The second-order valence-corrected chi connectivity index (χ2v) is 20.8. The number of hydrogen-bond acceptors (Lipinski definition) is 13. The molecule has 2 aromatic heterocycles. The number of fused-ring (bicyclic) bond motifs is 2. The third kappa shape index (κ3) is 10.2. The van der Waals surface area contributed by atoms with Gasteiger partial charge in [0.15, 0.2) is 0 Å². The van der Waals surface area contributed by atoms with Crippen molar-refractivity contribution in [2.75, 3.05) is 80.8 Å². The van der Waals surface area contributed by atoms with E-state index in [0.717, 1.165) is 73.9 Å². The molecule has 4 aliphatic rings. The summed E-state index contributed by atoms with van der Waals surface area (Å²) in [4.78, 5) is 40.0. The van der Waals surface area contributed by atoms with Gasteiger partial charge in [0.1, 0.15) is 23.6 Å². The summed E-state index contributed by atoms with van der Waals surface area (Å²) in [6.07, 6.45) is 6.52. The number of halogens is 1. The summed E-state index contributed by atoms with van der Waals surface area (Å²) in [6, 6.07) is 23.0. The molecule has 350 valence electrons. The van der Waals surface area contributed by atoms with Crippen LogP contribution in [-0.2, 0) is 14.8 Å². The lowest BCUT2D eigenvalue weighted by Crippen LogP contribution is -2.47. The first-order chi connectivity index (χ1) is 32.2. The van der Waals surface area contributed by atoms with E-state index in [1.165, 1.54) is 28.8 Å². The number of nitro groups is 1. The van der Waals surface area contributed by atoms with Crippen molar-refractivity contribution in [2.24, 2.45) is 17.3 Å². The van der Waals surface area contributed by atoms with Gasteiger partial charge in [-0.3, -0.25) is 19.8 Å². The van der Waals surface area contributed by atoms with Gasteiger partial charge in [0, 0.05) is 87.4 Å². The molecule has 1 amide bonds. The monoisotopic (exact) mass is 947 g/mol. The third-order valence-corrected chi connectivity index (χ3v) is 15.0. The van der Waals surface area contributed by atoms with Crippen molar-refractivity contribution >= 4 is 72.6 Å². The van der Waals surface area contributed by atoms with Crippen LogP contribution in [0, 0.1) is 38.7 Å². The van der Waals surface area contributed by atoms with E-state index < -0.39 is 37.4 Å². The fraction of sp³-hybridized carbons (Fsp3) is 0.408. The number of carbonyl (C=O) groups excluding carboxylic acids is 1. The Morgan fingerprint density at radius 1 is 1.03 bits per heavy atom. The summed E-state index contributed by atoms with van der Waals surface area (Å²) in [5, 5.41) is 27.1. The molecule has 3 aromatic carbocycles. The van der Waals surface area contributed by atoms with Crippen LogP contribution in [0.3, 0.4) is 0 Å². The van der Waals surface area contributed by atoms with Crippen LogP contribution < -0.4 is 24.6 Å². The number of H-pyrrole nitrogens is 1. The van der Waals surface area contributed by atoms with E-state index in [0.29, 0.717) is 49.9 Å². The number of nitro benzene ring substituents is 1. The first kappa shape index (κ1) is 45.9. The van der Waals surface area contributed by atoms with Gasteiger partial charge in [-0.25, -0.2) is 13.1 Å². The zero-order valence-electron chi connectivity index (χ0n) is 37.6. The largest absolute Gasteiger partial charge is 0.475 e. The van der Waals surface area contributed by atoms with Gasteiger partial charge in [-0.05, 0) is 109 Å². The molecular formula is C49H54ClN9O7S. The second-order valence-electron chi connectivity index (χ2n) is 18.7. The van der Waals surface area contributed by atoms with E-state index in [1.807, 2.05) is 30.3 Å². The third-order valence-electron chi connectivity index (χ3n) is 13.5. The van der Waals surface area contributed by atoms with Gasteiger partial charge in [0.05, 0.1) is 33.1 Å². The highest BCUT2D eigenvalue weighted by Gasteiger charge is 2.33. The number of piperazine rings is 1. The number of nitrogens with zero attached hydrogens (tertiary/aromatic N) is 6. The van der Waals surface area contributed by atoms with Gasteiger partial charge in [-0.2, -0.15) is 10.2 Å². The van der Waals surface area contributed by atoms with Crippen LogP contribution in [0.4, 0.5) is 28.4 Å². The Kier molecular flexibility index (Phi) is 13.2. The molecule has 5 aromatic rings. The standard InChI is InChI=1S/C49H54ClN9O7S/c1-49(2)15-11-36(41(26-49)34-3-5-37(50)6-4-34)30-56-17-19-57(20-18-56)38-7-9-40(43(24-38)58-29-33(27-51)31-66-48-45(58)23-35-12-16-52-46(35)54-48)47(60)55-67(63,64)39-8-10-42(44(25-39)59(61)62)53-28-32-13-21-65-22-14-32/h3-10,12,16,23-25,32-33,53H,11,13-15,17-22,26,28-31H2,1-2H3,(H,52,54)(H,55,60)/t33-/m0/s1. The Hall–Kier alpha value is -6.19. The van der Waals surface area contributed by atoms with Crippen molar-refractivity contribution in [2.45, 2.75) is 50.8 Å². The summed E-state index contributed by atoms with van der Waals surface area (Å²) < 4.78 is 41.7. The van der Waals surface area contributed by atoms with E-state index >= 15 is 0 Å². The average Bonchev–Trinajstić information content (AvgIpc) is 3.71. The molecule has 0 unspecified atom stereocenters. The molecule has 67 heavy (non-hydrogen) atoms. The number of sulfonamides is 1. The highest BCUT2D eigenvalue weighted by Crippen LogP contribution is 2.44. The number of aromatic nitrogens is 2. The Bertz CT molecular complexity index is 2870. The number of benzene rings is 3. The number of pyridine rings is 1. The molecule has 3 aliphatic heterocycles. The number of nitrogens with one attached hydrogen (secondary N) is 3. The van der Waals surface area contributed by atoms with Crippen molar-refractivity contribution in [3.63, 3.8) is 0 Å². The summed E-state index contributed by atoms with van der Waals surface area (Å²) >= 11 is 6.27. The van der Waals surface area contributed by atoms with Gasteiger partial charge in [-0.1, -0.05) is 43.2 Å². The van der Waals surface area contributed by atoms with Crippen LogP contribution in [0.1, 0.15) is 61.9 Å². The smallest absolute Gasteiger partial charge is 0.293 e. The Balaban J connectivity index is 1.01. The van der Waals surface area contributed by atoms with Gasteiger partial charge in [0.25, 0.3) is 21.6 Å². The lowest BCUT2D eigenvalue weighted by atomic mass is 9.72. The molecule has 9 rings (SSSR count). The molecule has 1 aliphatic carbocycles. The number of aromatic amines is 1. The van der Waals surface area contributed by atoms with Crippen LogP contribution in [-0.4, -0.2) is 99.8 Å². The first-order valence-electron chi connectivity index (χ1n) is 22.8. The predicted octanol–water partition coefficient (Wildman–Crippen LogP) is 8.54. The van der Waals surface area contributed by atoms with E-state index in [2.05, 4.69) is 56.9 Å². The summed E-state index contributed by atoms with van der Waals surface area (Å²) in [7, 11) is -4.63. The van der Waals surface area contributed by atoms with E-state index in [1.54, 1.807) is 23.2 Å². The van der Waals surface area contributed by atoms with E-state index in [-0.39, 0.29) is 41.6 Å². The lowest BCUT2D eigenvalue weighted by Gasteiger charge is -2.39. The van der Waals surface area contributed by atoms with Crippen LogP contribution in [0.2, 0.25) is 5.02 Å². The SMILES string of the molecule is CC1(C)CCC(CN2CCN(c3ccc(C(=O)NS(=O)(=O)c4ccc(NCC5CCOCC5)c([N+](=O)[O-])c4)c(N4C[C@H](C#N)COc5nc6[nH]ccc6cc54)c3)CC2)=C(c2ccc(Cl)cc2)C1. The minimum absolute atomic E-state index is 0.0100. The van der Waals surface area contributed by atoms with Gasteiger partial charge < -0.3 is 29.6 Å². The number of ether oxygens (including phenoxy) is 2. The highest BCUT2D eigenvalue weighted by molar-refractivity contribution is 7.90. The van der Waals surface area contributed by atoms with E-state index in [4.69, 9.17) is 26.1 Å². The fourth-order valence-corrected chi connectivity index (χ4v) is 10.7. The van der Waals surface area contributed by atoms with Crippen molar-refractivity contribution in [3.05, 3.63) is 111 Å². The average molecular weight is 949 g/mol. The van der Waals surface area contributed by atoms with E-state index in [9.17, 15) is 28.6 Å². The second kappa shape index (κ2) is 19.2. The highest BCUT2D eigenvalue weighted by atomic mass is 35.5. The molecule has 0 saturated carbocycles. The maximum Gasteiger partial charge on any atom is 0.293 e. The van der Waals surface area contributed by atoms with Crippen LogP contribution in [0.5, 0.6) is 5.88 Å². The van der Waals surface area contributed by atoms with Crippen LogP contribution in [0.25, 0.3) is 16.6 Å². The molecule has 0 spiro atoms. The fourth-order valence-electron chi connectivity index (χ4n) is 9.56. The van der Waals surface area contributed by atoms with Gasteiger partial charge in [0.2, 0.25) is 5.88 Å². The molecule has 18 heteroatoms. The van der Waals surface area contributed by atoms with Gasteiger partial charge in [-0.15, -0.1) is 0 Å². The topological polar surface area (TPSA) is 199 Å². The normalized spacial score (nSPS) is 19.3. The van der Waals surface area contributed by atoms with Crippen molar-refractivity contribution in [1.82, 2.24) is 19.6 Å². The molecule has 0 radical (unpaired) electrons. The van der Waals surface area contributed by atoms with Gasteiger partial charge >= 0.3 is 0 Å². The predicted molar refractivity (Wildman–Crippen MR) is 259 cm³/mol. The summed E-state index contributed by atoms with van der Waals surface area (Å²) in [6.45, 7) is 10.3. The Morgan fingerprint density at radius 2 is 1.81 bits per heavy atom. The molecule has 3 N–H and O–H groups in total. The molecule has 16 nitrogen and oxygen atoms in total.